The summed E-state index contributed by atoms with van der Waals surface area (Å²) < 4.78 is 6.16. The smallest absolute Gasteiger partial charge is 0.247 e. The molecule has 8 atom stereocenters. The second kappa shape index (κ2) is 6.50. The van der Waals surface area contributed by atoms with Gasteiger partial charge in [-0.15, -0.1) is 0 Å². The average Bonchev–Trinajstić information content (AvgIpc) is 3.35. The summed E-state index contributed by atoms with van der Waals surface area (Å²) in [5.41, 5.74) is 0.729. The van der Waals surface area contributed by atoms with Crippen molar-refractivity contribution in [3.05, 3.63) is 30.3 Å². The van der Waals surface area contributed by atoms with E-state index in [2.05, 4.69) is 5.32 Å². The van der Waals surface area contributed by atoms with Crippen LogP contribution in [0.5, 0.6) is 0 Å². The van der Waals surface area contributed by atoms with Crippen molar-refractivity contribution >= 4 is 29.3 Å². The fourth-order valence-electron chi connectivity index (χ4n) is 5.79. The van der Waals surface area contributed by atoms with Gasteiger partial charge in [0, 0.05) is 11.6 Å². The van der Waals surface area contributed by atoms with Crippen LogP contribution in [0.4, 0.5) is 5.69 Å². The summed E-state index contributed by atoms with van der Waals surface area (Å²) in [4.78, 5) is 28.1. The Balaban J connectivity index is 1.42. The molecule has 2 aliphatic carbocycles. The van der Waals surface area contributed by atoms with E-state index in [-0.39, 0.29) is 47.8 Å². The molecule has 0 spiro atoms. The van der Waals surface area contributed by atoms with Crippen molar-refractivity contribution in [2.75, 3.05) is 17.3 Å². The maximum atomic E-state index is 13.3. The van der Waals surface area contributed by atoms with Crippen molar-refractivity contribution in [1.29, 1.82) is 0 Å². The molecular formula is C20H24N2O4S. The number of rotatable bonds is 6. The fourth-order valence-corrected chi connectivity index (χ4v) is 6.25. The lowest BCUT2D eigenvalue weighted by atomic mass is 9.80. The number of aliphatic hydroxyl groups is 1. The summed E-state index contributed by atoms with van der Waals surface area (Å²) in [6.45, 7) is 0. The van der Waals surface area contributed by atoms with Crippen molar-refractivity contribution in [3.8, 4) is 0 Å². The summed E-state index contributed by atoms with van der Waals surface area (Å²) in [5.74, 6) is 0.816. The first-order chi connectivity index (χ1) is 13.1. The molecule has 7 heteroatoms. The number of fused-ring (bicyclic) bond motifs is 2. The first-order valence-corrected chi connectivity index (χ1v) is 11.0. The minimum absolute atomic E-state index is 0.00844. The number of thioether (sulfide) groups is 1. The number of likely N-dealkylation sites (tertiary alicyclic amines) is 1. The van der Waals surface area contributed by atoms with Gasteiger partial charge in [0.05, 0.1) is 18.1 Å². The van der Waals surface area contributed by atoms with Crippen molar-refractivity contribution in [2.24, 2.45) is 23.7 Å². The van der Waals surface area contributed by atoms with Gasteiger partial charge in [0.1, 0.15) is 12.3 Å². The number of amides is 2. The Morgan fingerprint density at radius 3 is 2.89 bits per heavy atom. The first-order valence-electron chi connectivity index (χ1n) is 9.62. The maximum Gasteiger partial charge on any atom is 0.247 e. The van der Waals surface area contributed by atoms with Crippen molar-refractivity contribution < 1.29 is 19.4 Å². The molecule has 2 saturated heterocycles. The predicted molar refractivity (Wildman–Crippen MR) is 102 cm³/mol. The van der Waals surface area contributed by atoms with Crippen LogP contribution in [0.3, 0.4) is 0 Å². The van der Waals surface area contributed by atoms with Gasteiger partial charge >= 0.3 is 0 Å². The lowest BCUT2D eigenvalue weighted by molar-refractivity contribution is -0.159. The van der Waals surface area contributed by atoms with E-state index in [1.807, 2.05) is 36.6 Å². The van der Waals surface area contributed by atoms with E-state index in [9.17, 15) is 14.7 Å². The Labute approximate surface area is 162 Å². The zero-order chi connectivity index (χ0) is 18.7. The molecule has 2 bridgehead atoms. The van der Waals surface area contributed by atoms with Crippen molar-refractivity contribution in [3.63, 3.8) is 0 Å². The molecule has 5 rings (SSSR count). The van der Waals surface area contributed by atoms with Crippen LogP contribution < -0.4 is 5.32 Å². The number of nitrogens with zero attached hydrogens (tertiary/aromatic N) is 1. The second-order valence-electron chi connectivity index (χ2n) is 8.05. The van der Waals surface area contributed by atoms with E-state index in [0.29, 0.717) is 6.42 Å². The molecule has 2 heterocycles. The van der Waals surface area contributed by atoms with E-state index in [4.69, 9.17) is 4.74 Å². The summed E-state index contributed by atoms with van der Waals surface area (Å²) >= 11 is 1.67. The molecule has 2 saturated carbocycles. The monoisotopic (exact) mass is 388 g/mol. The number of anilines is 1. The van der Waals surface area contributed by atoms with E-state index < -0.39 is 12.1 Å². The summed E-state index contributed by atoms with van der Waals surface area (Å²) in [5, 5.41) is 13.4. The number of aliphatic hydroxyl groups excluding tert-OH is 1. The predicted octanol–water partition coefficient (Wildman–Crippen LogP) is 1.56. The third kappa shape index (κ3) is 2.48. The Bertz CT molecular complexity index is 760. The van der Waals surface area contributed by atoms with Crippen LogP contribution in [-0.4, -0.2) is 58.3 Å². The molecule has 0 aromatic heterocycles. The fraction of sp³-hybridized carbons (Fsp3) is 0.600. The Hall–Kier alpha value is -1.57. The Morgan fingerprint density at radius 1 is 1.37 bits per heavy atom. The van der Waals surface area contributed by atoms with Gasteiger partial charge in [-0.25, -0.2) is 0 Å². The molecule has 2 amide bonds. The van der Waals surface area contributed by atoms with E-state index >= 15 is 0 Å². The van der Waals surface area contributed by atoms with Crippen LogP contribution in [-0.2, 0) is 14.3 Å². The number of carbonyl (C=O) groups excluding carboxylic acids is 2. The largest absolute Gasteiger partial charge is 0.390 e. The van der Waals surface area contributed by atoms with E-state index in [1.165, 1.54) is 0 Å². The minimum atomic E-state index is -0.545. The third-order valence-electron chi connectivity index (χ3n) is 6.83. The standard InChI is InChI=1S/C20H24N2O4S/c1-27-8-7-13(18(24)21-10-5-3-2-4-6-10)22-19(25)14-11-9-12-15(14)20(22)26-17(12)16(11)23/h2-6,11-17,20,23H,7-9H2,1H3,(H,21,24). The van der Waals surface area contributed by atoms with Gasteiger partial charge in [-0.1, -0.05) is 18.2 Å². The maximum absolute atomic E-state index is 13.3. The highest BCUT2D eigenvalue weighted by Gasteiger charge is 2.73. The van der Waals surface area contributed by atoms with Gasteiger partial charge in [-0.05, 0) is 48.8 Å². The quantitative estimate of drug-likeness (QED) is 0.773. The van der Waals surface area contributed by atoms with Crippen LogP contribution >= 0.6 is 11.8 Å². The van der Waals surface area contributed by atoms with Crippen molar-refractivity contribution in [2.45, 2.75) is 37.3 Å². The van der Waals surface area contributed by atoms with Crippen LogP contribution in [0, 0.1) is 23.7 Å². The van der Waals surface area contributed by atoms with Crippen LogP contribution in [0.1, 0.15) is 12.8 Å². The summed E-state index contributed by atoms with van der Waals surface area (Å²) in [6.07, 6.45) is 2.40. The van der Waals surface area contributed by atoms with Gasteiger partial charge in [0.2, 0.25) is 11.8 Å². The third-order valence-corrected chi connectivity index (χ3v) is 7.47. The Morgan fingerprint density at radius 2 is 2.15 bits per heavy atom. The lowest BCUT2D eigenvalue weighted by Crippen LogP contribution is -2.52. The van der Waals surface area contributed by atoms with Gasteiger partial charge in [-0.3, -0.25) is 9.59 Å². The van der Waals surface area contributed by atoms with E-state index in [1.54, 1.807) is 16.7 Å². The molecule has 144 valence electrons. The zero-order valence-corrected chi connectivity index (χ0v) is 16.0. The normalized spacial score (nSPS) is 39.3. The van der Waals surface area contributed by atoms with Crippen molar-refractivity contribution in [1.82, 2.24) is 4.90 Å². The molecule has 4 fully saturated rings. The number of para-hydroxylation sites is 1. The summed E-state index contributed by atoms with van der Waals surface area (Å²) in [6, 6.07) is 8.79. The van der Waals surface area contributed by atoms with Gasteiger partial charge in [-0.2, -0.15) is 11.8 Å². The average molecular weight is 388 g/mol. The molecule has 4 aliphatic rings. The highest BCUT2D eigenvalue weighted by atomic mass is 32.2. The molecule has 0 radical (unpaired) electrons. The number of hydrogen-bond acceptors (Lipinski definition) is 5. The second-order valence-corrected chi connectivity index (χ2v) is 9.03. The van der Waals surface area contributed by atoms with Crippen LogP contribution in [0.2, 0.25) is 0 Å². The zero-order valence-electron chi connectivity index (χ0n) is 15.2. The number of carbonyl (C=O) groups is 2. The molecule has 1 aromatic rings. The van der Waals surface area contributed by atoms with Gasteiger partial charge in [0.25, 0.3) is 0 Å². The van der Waals surface area contributed by atoms with Gasteiger partial charge in [0.15, 0.2) is 0 Å². The topological polar surface area (TPSA) is 78.9 Å². The van der Waals surface area contributed by atoms with Crippen LogP contribution in [0.25, 0.3) is 0 Å². The van der Waals surface area contributed by atoms with E-state index in [0.717, 1.165) is 17.9 Å². The first kappa shape index (κ1) is 17.5. The minimum Gasteiger partial charge on any atom is -0.390 e. The highest BCUT2D eigenvalue weighted by molar-refractivity contribution is 7.98. The van der Waals surface area contributed by atoms with Crippen LogP contribution in [0.15, 0.2) is 30.3 Å². The number of nitrogens with one attached hydrogen (secondary N) is 1. The molecule has 8 unspecified atom stereocenters. The number of benzene rings is 1. The number of ether oxygens (including phenoxy) is 1. The molecule has 6 nitrogen and oxygen atoms in total. The molecule has 2 N–H and O–H groups in total. The molecular weight excluding hydrogens is 364 g/mol. The molecule has 27 heavy (non-hydrogen) atoms. The Kier molecular flexibility index (Phi) is 4.22. The van der Waals surface area contributed by atoms with Gasteiger partial charge < -0.3 is 20.1 Å². The SMILES string of the molecule is CSCCC(C(=O)Nc1ccccc1)N1C(=O)C2C3CC4C(OC1C42)C3O. The summed E-state index contributed by atoms with van der Waals surface area (Å²) in [7, 11) is 0. The molecule has 1 aromatic carbocycles. The molecule has 2 aliphatic heterocycles. The lowest BCUT2D eigenvalue weighted by Gasteiger charge is -2.34. The number of hydrogen-bond donors (Lipinski definition) is 2. The highest BCUT2D eigenvalue weighted by Crippen LogP contribution is 2.63.